The molecule has 1 amide bonds. The van der Waals surface area contributed by atoms with Gasteiger partial charge in [-0.25, -0.2) is 4.98 Å². The third-order valence-electron chi connectivity index (χ3n) is 2.59. The number of aliphatic hydroxyl groups excluding tert-OH is 1. The van der Waals surface area contributed by atoms with Crippen LogP contribution in [0.15, 0.2) is 17.8 Å². The fraction of sp³-hybridized carbons (Fsp3) is 0.500. The van der Waals surface area contributed by atoms with Crippen LogP contribution in [-0.4, -0.2) is 32.5 Å². The topological polar surface area (TPSA) is 66.6 Å². The first kappa shape index (κ1) is 13.0. The largest absolute Gasteiger partial charge is 0.393 e. The Kier molecular flexibility index (Phi) is 3.98. The number of fused-ring (bicyclic) bond motifs is 1. The van der Waals surface area contributed by atoms with Gasteiger partial charge in [-0.2, -0.15) is 0 Å². The highest BCUT2D eigenvalue weighted by atomic mass is 32.1. The first-order chi connectivity index (χ1) is 8.54. The van der Waals surface area contributed by atoms with E-state index in [-0.39, 0.29) is 18.4 Å². The molecule has 98 valence electrons. The Hall–Kier alpha value is -1.40. The second kappa shape index (κ2) is 5.49. The standard InChI is InChI=1S/C12H17N3O2S/c1-8(5-9(2)16)13-11(17)6-10-7-15-3-4-18-12(15)14-10/h3-4,7-9,16H,5-6H2,1-2H3,(H,13,17). The number of hydrogen-bond donors (Lipinski definition) is 2. The minimum absolute atomic E-state index is 0.0266. The first-order valence-corrected chi connectivity index (χ1v) is 6.81. The van der Waals surface area contributed by atoms with Crippen molar-refractivity contribution in [2.75, 3.05) is 0 Å². The lowest BCUT2D eigenvalue weighted by molar-refractivity contribution is -0.121. The minimum Gasteiger partial charge on any atom is -0.393 e. The molecule has 2 rings (SSSR count). The first-order valence-electron chi connectivity index (χ1n) is 5.93. The average molecular weight is 267 g/mol. The van der Waals surface area contributed by atoms with Crippen molar-refractivity contribution in [3.8, 4) is 0 Å². The maximum Gasteiger partial charge on any atom is 0.226 e. The van der Waals surface area contributed by atoms with Gasteiger partial charge in [-0.1, -0.05) is 0 Å². The second-order valence-corrected chi connectivity index (χ2v) is 5.43. The summed E-state index contributed by atoms with van der Waals surface area (Å²) in [6.07, 6.45) is 4.22. The number of nitrogens with one attached hydrogen (secondary N) is 1. The Morgan fingerprint density at radius 3 is 3.06 bits per heavy atom. The molecule has 0 aromatic carbocycles. The number of carbonyl (C=O) groups is 1. The monoisotopic (exact) mass is 267 g/mol. The Morgan fingerprint density at radius 2 is 2.39 bits per heavy atom. The van der Waals surface area contributed by atoms with Crippen LogP contribution < -0.4 is 5.32 Å². The zero-order valence-electron chi connectivity index (χ0n) is 10.5. The van der Waals surface area contributed by atoms with Crippen LogP contribution in [0.1, 0.15) is 26.0 Å². The van der Waals surface area contributed by atoms with E-state index in [4.69, 9.17) is 0 Å². The van der Waals surface area contributed by atoms with Crippen LogP contribution in [0, 0.1) is 0 Å². The number of carbonyl (C=O) groups excluding carboxylic acids is 1. The fourth-order valence-electron chi connectivity index (χ4n) is 1.92. The molecule has 2 heterocycles. The normalized spacial score (nSPS) is 14.6. The van der Waals surface area contributed by atoms with Crippen LogP contribution >= 0.6 is 11.3 Å². The highest BCUT2D eigenvalue weighted by Gasteiger charge is 2.12. The maximum absolute atomic E-state index is 11.8. The number of aromatic nitrogens is 2. The number of amides is 1. The van der Waals surface area contributed by atoms with Crippen molar-refractivity contribution in [1.82, 2.24) is 14.7 Å². The fourth-order valence-corrected chi connectivity index (χ4v) is 2.64. The van der Waals surface area contributed by atoms with Crippen molar-refractivity contribution in [2.45, 2.75) is 38.8 Å². The number of rotatable bonds is 5. The molecule has 0 aliphatic heterocycles. The Morgan fingerprint density at radius 1 is 1.61 bits per heavy atom. The molecule has 0 saturated heterocycles. The Bertz CT molecular complexity index is 504. The highest BCUT2D eigenvalue weighted by molar-refractivity contribution is 7.15. The van der Waals surface area contributed by atoms with Crippen molar-refractivity contribution in [3.63, 3.8) is 0 Å². The molecule has 0 spiro atoms. The van der Waals surface area contributed by atoms with E-state index in [0.29, 0.717) is 6.42 Å². The van der Waals surface area contributed by atoms with Crippen molar-refractivity contribution >= 4 is 22.2 Å². The van der Waals surface area contributed by atoms with E-state index >= 15 is 0 Å². The summed E-state index contributed by atoms with van der Waals surface area (Å²) < 4.78 is 1.91. The summed E-state index contributed by atoms with van der Waals surface area (Å²) in [7, 11) is 0. The van der Waals surface area contributed by atoms with Crippen LogP contribution in [0.2, 0.25) is 0 Å². The molecule has 2 unspecified atom stereocenters. The van der Waals surface area contributed by atoms with E-state index < -0.39 is 6.10 Å². The van der Waals surface area contributed by atoms with Gasteiger partial charge in [-0.3, -0.25) is 9.20 Å². The van der Waals surface area contributed by atoms with Gasteiger partial charge in [0.15, 0.2) is 4.96 Å². The molecule has 18 heavy (non-hydrogen) atoms. The molecule has 0 fully saturated rings. The van der Waals surface area contributed by atoms with E-state index in [9.17, 15) is 9.90 Å². The molecule has 0 bridgehead atoms. The van der Waals surface area contributed by atoms with Crippen LogP contribution in [-0.2, 0) is 11.2 Å². The van der Waals surface area contributed by atoms with E-state index in [2.05, 4.69) is 10.3 Å². The molecule has 0 saturated carbocycles. The predicted octanol–water partition coefficient (Wildman–Crippen LogP) is 1.21. The number of aliphatic hydroxyl groups is 1. The van der Waals surface area contributed by atoms with Gasteiger partial charge in [0.05, 0.1) is 18.2 Å². The average Bonchev–Trinajstić information content (AvgIpc) is 2.74. The molecule has 5 nitrogen and oxygen atoms in total. The molecule has 2 aromatic rings. The third kappa shape index (κ3) is 3.30. The smallest absolute Gasteiger partial charge is 0.226 e. The Labute approximate surface area is 109 Å². The summed E-state index contributed by atoms with van der Waals surface area (Å²) in [6.45, 7) is 3.60. The van der Waals surface area contributed by atoms with Gasteiger partial charge in [-0.05, 0) is 20.3 Å². The maximum atomic E-state index is 11.8. The Balaban J connectivity index is 1.89. The van der Waals surface area contributed by atoms with Crippen LogP contribution in [0.25, 0.3) is 4.96 Å². The minimum atomic E-state index is -0.404. The molecule has 6 heteroatoms. The van der Waals surface area contributed by atoms with Crippen LogP contribution in [0.3, 0.4) is 0 Å². The van der Waals surface area contributed by atoms with Gasteiger partial charge in [0.2, 0.25) is 5.91 Å². The summed E-state index contributed by atoms with van der Waals surface area (Å²) >= 11 is 1.54. The molecular weight excluding hydrogens is 250 g/mol. The van der Waals surface area contributed by atoms with Gasteiger partial charge in [0.1, 0.15) is 0 Å². The number of imidazole rings is 1. The van der Waals surface area contributed by atoms with Gasteiger partial charge in [-0.15, -0.1) is 11.3 Å². The van der Waals surface area contributed by atoms with Gasteiger partial charge < -0.3 is 10.4 Å². The van der Waals surface area contributed by atoms with E-state index in [0.717, 1.165) is 10.7 Å². The van der Waals surface area contributed by atoms with E-state index in [1.165, 1.54) is 0 Å². The molecular formula is C12H17N3O2S. The zero-order valence-corrected chi connectivity index (χ0v) is 11.3. The summed E-state index contributed by atoms with van der Waals surface area (Å²) in [5.41, 5.74) is 0.767. The SMILES string of the molecule is CC(O)CC(C)NC(=O)Cc1cn2ccsc2n1. The molecule has 0 aliphatic carbocycles. The summed E-state index contributed by atoms with van der Waals surface area (Å²) in [5.74, 6) is -0.0612. The lowest BCUT2D eigenvalue weighted by Crippen LogP contribution is -2.35. The summed E-state index contributed by atoms with van der Waals surface area (Å²) in [6, 6.07) is -0.0266. The van der Waals surface area contributed by atoms with Crippen molar-refractivity contribution in [1.29, 1.82) is 0 Å². The number of hydrogen-bond acceptors (Lipinski definition) is 4. The van der Waals surface area contributed by atoms with Gasteiger partial charge >= 0.3 is 0 Å². The highest BCUT2D eigenvalue weighted by Crippen LogP contribution is 2.11. The van der Waals surface area contributed by atoms with Gasteiger partial charge in [0.25, 0.3) is 0 Å². The van der Waals surface area contributed by atoms with Crippen molar-refractivity contribution in [3.05, 3.63) is 23.5 Å². The second-order valence-electron chi connectivity index (χ2n) is 4.56. The molecule has 2 atom stereocenters. The van der Waals surface area contributed by atoms with Gasteiger partial charge in [0, 0.05) is 23.8 Å². The zero-order chi connectivity index (χ0) is 13.1. The van der Waals surface area contributed by atoms with Crippen molar-refractivity contribution in [2.24, 2.45) is 0 Å². The number of nitrogens with zero attached hydrogens (tertiary/aromatic N) is 2. The van der Waals surface area contributed by atoms with E-state index in [1.54, 1.807) is 18.3 Å². The number of thiazole rings is 1. The lowest BCUT2D eigenvalue weighted by Gasteiger charge is -2.14. The summed E-state index contributed by atoms with van der Waals surface area (Å²) in [4.78, 5) is 17.0. The third-order valence-corrected chi connectivity index (χ3v) is 3.36. The quantitative estimate of drug-likeness (QED) is 0.856. The molecule has 2 N–H and O–H groups in total. The molecule has 2 aromatic heterocycles. The van der Waals surface area contributed by atoms with Crippen LogP contribution in [0.5, 0.6) is 0 Å². The van der Waals surface area contributed by atoms with Crippen LogP contribution in [0.4, 0.5) is 0 Å². The summed E-state index contributed by atoms with van der Waals surface area (Å²) in [5, 5.41) is 14.0. The molecule has 0 aliphatic rings. The van der Waals surface area contributed by atoms with Crippen molar-refractivity contribution < 1.29 is 9.90 Å². The lowest BCUT2D eigenvalue weighted by atomic mass is 10.1. The molecule has 0 radical (unpaired) electrons. The predicted molar refractivity (Wildman–Crippen MR) is 70.7 cm³/mol. The van der Waals surface area contributed by atoms with E-state index in [1.807, 2.05) is 29.1 Å².